The predicted octanol–water partition coefficient (Wildman–Crippen LogP) is 2.98. The predicted molar refractivity (Wildman–Crippen MR) is 121 cm³/mol. The molecular weight excluding hydrogens is 467 g/mol. The molecule has 0 heterocycles. The molecule has 35 heavy (non-hydrogen) atoms. The van der Waals surface area contributed by atoms with Gasteiger partial charge in [-0.15, -0.1) is 0 Å². The van der Waals surface area contributed by atoms with Gasteiger partial charge in [0.05, 0.1) is 6.42 Å². The average Bonchev–Trinajstić information content (AvgIpc) is 3.09. The molecule has 0 aromatic heterocycles. The van der Waals surface area contributed by atoms with Crippen molar-refractivity contribution in [3.8, 4) is 11.1 Å². The Morgan fingerprint density at radius 2 is 1.51 bits per heavy atom. The van der Waals surface area contributed by atoms with Gasteiger partial charge in [0.1, 0.15) is 18.7 Å². The lowest BCUT2D eigenvalue weighted by Gasteiger charge is -2.24. The van der Waals surface area contributed by atoms with Crippen molar-refractivity contribution >= 4 is 18.0 Å². The summed E-state index contributed by atoms with van der Waals surface area (Å²) in [7, 11) is 3.09. The summed E-state index contributed by atoms with van der Waals surface area (Å²) in [4.78, 5) is 37.7. The van der Waals surface area contributed by atoms with E-state index in [9.17, 15) is 32.7 Å². The molecule has 0 fully saturated rings. The number of carboxylic acid groups (broad SMARTS) is 1. The van der Waals surface area contributed by atoms with Gasteiger partial charge in [0.15, 0.2) is 0 Å². The zero-order valence-electron chi connectivity index (χ0n) is 19.1. The number of alkyl halides is 3. The van der Waals surface area contributed by atoms with Crippen molar-refractivity contribution in [2.24, 2.45) is 0 Å². The molecule has 3 N–H and O–H groups in total. The zero-order valence-corrected chi connectivity index (χ0v) is 19.1. The molecule has 8 nitrogen and oxygen atoms in total. The number of benzene rings is 2. The Bertz CT molecular complexity index is 1040. The van der Waals surface area contributed by atoms with Gasteiger partial charge in [-0.2, -0.15) is 13.2 Å². The van der Waals surface area contributed by atoms with E-state index in [-0.39, 0.29) is 19.1 Å². The number of rotatable bonds is 9. The third-order valence-electron chi connectivity index (χ3n) is 5.55. The third kappa shape index (κ3) is 6.72. The maximum Gasteiger partial charge on any atom is 0.407 e. The monoisotopic (exact) mass is 493 g/mol. The minimum atomic E-state index is -4.79. The number of nitrogens with zero attached hydrogens (tertiary/aromatic N) is 1. The number of aliphatic carboxylic acids is 1. The molecule has 0 saturated heterocycles. The van der Waals surface area contributed by atoms with Gasteiger partial charge in [-0.3, -0.25) is 4.79 Å². The van der Waals surface area contributed by atoms with Gasteiger partial charge in [0.25, 0.3) is 0 Å². The van der Waals surface area contributed by atoms with Crippen LogP contribution in [0.15, 0.2) is 48.5 Å². The summed E-state index contributed by atoms with van der Waals surface area (Å²) in [6.07, 6.45) is -7.69. The largest absolute Gasteiger partial charge is 0.480 e. The Labute approximate surface area is 200 Å². The number of ether oxygens (including phenoxy) is 1. The Kier molecular flexibility index (Phi) is 8.00. The molecule has 1 unspecified atom stereocenters. The maximum absolute atomic E-state index is 13.1. The fourth-order valence-corrected chi connectivity index (χ4v) is 4.05. The molecule has 0 radical (unpaired) electrons. The highest BCUT2D eigenvalue weighted by Crippen LogP contribution is 2.44. The maximum atomic E-state index is 13.1. The van der Waals surface area contributed by atoms with Crippen LogP contribution in [0.3, 0.4) is 0 Å². The molecule has 0 saturated carbocycles. The van der Waals surface area contributed by atoms with Crippen LogP contribution in [0.25, 0.3) is 11.1 Å². The summed E-state index contributed by atoms with van der Waals surface area (Å²) in [6.45, 7) is -0.302. The lowest BCUT2D eigenvalue weighted by atomic mass is 9.98. The van der Waals surface area contributed by atoms with Crippen LogP contribution < -0.4 is 10.6 Å². The second-order valence-electron chi connectivity index (χ2n) is 8.50. The number of halogens is 3. The van der Waals surface area contributed by atoms with Crippen LogP contribution >= 0.6 is 0 Å². The molecule has 2 aromatic carbocycles. The van der Waals surface area contributed by atoms with Crippen LogP contribution in [0.1, 0.15) is 23.5 Å². The van der Waals surface area contributed by atoms with Crippen LogP contribution in [0, 0.1) is 0 Å². The molecule has 0 aliphatic heterocycles. The summed E-state index contributed by atoms with van der Waals surface area (Å²) in [5.41, 5.74) is 3.79. The minimum Gasteiger partial charge on any atom is -0.480 e. The first kappa shape index (κ1) is 26.0. The van der Waals surface area contributed by atoms with Crippen molar-refractivity contribution in [3.63, 3.8) is 0 Å². The number of fused-ring (bicyclic) bond motifs is 3. The van der Waals surface area contributed by atoms with E-state index in [0.717, 1.165) is 22.3 Å². The Morgan fingerprint density at radius 3 is 2.00 bits per heavy atom. The lowest BCUT2D eigenvalue weighted by molar-refractivity contribution is -0.150. The Morgan fingerprint density at radius 1 is 0.971 bits per heavy atom. The summed E-state index contributed by atoms with van der Waals surface area (Å²) >= 11 is 0. The summed E-state index contributed by atoms with van der Waals surface area (Å²) in [5, 5.41) is 13.2. The van der Waals surface area contributed by atoms with Gasteiger partial charge in [-0.1, -0.05) is 48.5 Å². The van der Waals surface area contributed by atoms with E-state index in [0.29, 0.717) is 0 Å². The van der Waals surface area contributed by atoms with Crippen molar-refractivity contribution in [3.05, 3.63) is 59.7 Å². The molecule has 3 rings (SSSR count). The highest BCUT2D eigenvalue weighted by Gasteiger charge is 2.38. The van der Waals surface area contributed by atoms with E-state index >= 15 is 0 Å². The van der Waals surface area contributed by atoms with E-state index < -0.39 is 42.7 Å². The fraction of sp³-hybridized carbons (Fsp3) is 0.375. The van der Waals surface area contributed by atoms with Gasteiger partial charge < -0.3 is 25.4 Å². The first-order chi connectivity index (χ1) is 16.5. The number of carbonyl (C=O) groups excluding carboxylic acids is 2. The normalized spacial score (nSPS) is 14.6. The van der Waals surface area contributed by atoms with Crippen LogP contribution in [-0.4, -0.2) is 73.5 Å². The Balaban J connectivity index is 1.69. The molecule has 2 aromatic rings. The molecule has 1 aliphatic rings. The van der Waals surface area contributed by atoms with Crippen molar-refractivity contribution < 1.29 is 37.4 Å². The number of carbonyl (C=O) groups is 3. The van der Waals surface area contributed by atoms with Crippen molar-refractivity contribution in [1.29, 1.82) is 0 Å². The number of likely N-dealkylation sites (N-methyl/N-ethyl adjacent to an activating group) is 1. The van der Waals surface area contributed by atoms with E-state index in [2.05, 4.69) is 0 Å². The van der Waals surface area contributed by atoms with Crippen LogP contribution in [0.2, 0.25) is 0 Å². The number of alkyl carbamates (subject to hydrolysis) is 1. The summed E-state index contributed by atoms with van der Waals surface area (Å²) in [5.74, 6) is -3.01. The zero-order chi connectivity index (χ0) is 25.8. The van der Waals surface area contributed by atoms with Gasteiger partial charge >= 0.3 is 18.2 Å². The molecular formula is C24H26F3N3O5. The van der Waals surface area contributed by atoms with Gasteiger partial charge in [-0.25, -0.2) is 9.59 Å². The SMILES string of the molecule is CN(C)C[C@H](NC(=O)C(CC(F)(F)F)NC(=O)OCC1c2ccccc2-c2ccccc21)C(=O)O. The Hall–Kier alpha value is -3.60. The number of carboxylic acids is 1. The van der Waals surface area contributed by atoms with Crippen molar-refractivity contribution in [1.82, 2.24) is 15.5 Å². The number of amides is 2. The fourth-order valence-electron chi connectivity index (χ4n) is 4.05. The van der Waals surface area contributed by atoms with Crippen LogP contribution in [0.5, 0.6) is 0 Å². The van der Waals surface area contributed by atoms with Crippen LogP contribution in [-0.2, 0) is 14.3 Å². The smallest absolute Gasteiger partial charge is 0.407 e. The van der Waals surface area contributed by atoms with Gasteiger partial charge in [-0.05, 0) is 36.3 Å². The standard InChI is InChI=1S/C24H26F3N3O5/c1-30(2)12-20(22(32)33)28-21(31)19(11-24(25,26)27)29-23(34)35-13-18-16-9-5-3-7-14(16)15-8-4-6-10-17(15)18/h3-10,18-20H,11-13H2,1-2H3,(H,28,31)(H,29,34)(H,32,33)/t19?,20-/m0/s1. The highest BCUT2D eigenvalue weighted by molar-refractivity contribution is 5.89. The molecule has 0 spiro atoms. The van der Waals surface area contributed by atoms with Gasteiger partial charge in [0, 0.05) is 12.5 Å². The topological polar surface area (TPSA) is 108 Å². The molecule has 2 atom stereocenters. The summed E-state index contributed by atoms with van der Waals surface area (Å²) < 4.78 is 44.5. The second kappa shape index (κ2) is 10.8. The third-order valence-corrected chi connectivity index (χ3v) is 5.55. The molecule has 188 valence electrons. The van der Waals surface area contributed by atoms with E-state index in [1.54, 1.807) is 14.1 Å². The highest BCUT2D eigenvalue weighted by atomic mass is 19.4. The van der Waals surface area contributed by atoms with E-state index in [1.807, 2.05) is 59.2 Å². The van der Waals surface area contributed by atoms with E-state index in [4.69, 9.17) is 4.74 Å². The first-order valence-electron chi connectivity index (χ1n) is 10.8. The van der Waals surface area contributed by atoms with E-state index in [1.165, 1.54) is 4.90 Å². The second-order valence-corrected chi connectivity index (χ2v) is 8.50. The quantitative estimate of drug-likeness (QED) is 0.496. The number of hydrogen-bond donors (Lipinski definition) is 3. The lowest BCUT2D eigenvalue weighted by Crippen LogP contribution is -2.55. The van der Waals surface area contributed by atoms with Crippen molar-refractivity contribution in [2.75, 3.05) is 27.2 Å². The number of hydrogen-bond acceptors (Lipinski definition) is 5. The molecule has 1 aliphatic carbocycles. The summed E-state index contributed by atoms with van der Waals surface area (Å²) in [6, 6.07) is 11.6. The first-order valence-corrected chi connectivity index (χ1v) is 10.8. The molecule has 11 heteroatoms. The van der Waals surface area contributed by atoms with Gasteiger partial charge in [0.2, 0.25) is 5.91 Å². The van der Waals surface area contributed by atoms with Crippen molar-refractivity contribution in [2.45, 2.75) is 30.6 Å². The average molecular weight is 493 g/mol. The molecule has 2 amide bonds. The molecule has 0 bridgehead atoms. The number of nitrogens with one attached hydrogen (secondary N) is 2. The van der Waals surface area contributed by atoms with Crippen LogP contribution in [0.4, 0.5) is 18.0 Å². The minimum absolute atomic E-state index is 0.148.